The summed E-state index contributed by atoms with van der Waals surface area (Å²) in [6.07, 6.45) is 5.33. The van der Waals surface area contributed by atoms with Gasteiger partial charge >= 0.3 is 0 Å². The average molecular weight is 259 g/mol. The Morgan fingerprint density at radius 1 is 1.26 bits per heavy atom. The third-order valence-electron chi connectivity index (χ3n) is 3.79. The fourth-order valence-electron chi connectivity index (χ4n) is 2.47. The first-order valence-corrected chi connectivity index (χ1v) is 7.68. The number of nitrogens with one attached hydrogen (secondary N) is 1. The molecule has 2 aliphatic rings. The van der Waals surface area contributed by atoms with Crippen LogP contribution in [0.3, 0.4) is 0 Å². The Hall–Kier alpha value is -1.09. The molecule has 0 amide bonds. The van der Waals surface area contributed by atoms with Crippen molar-refractivity contribution >= 4 is 5.82 Å². The molecule has 1 heterocycles. The van der Waals surface area contributed by atoms with Gasteiger partial charge in [0.05, 0.1) is 5.69 Å². The van der Waals surface area contributed by atoms with Crippen LogP contribution in [0.15, 0.2) is 18.2 Å². The lowest BCUT2D eigenvalue weighted by Crippen LogP contribution is -2.31. The Kier molecular flexibility index (Phi) is 3.74. The maximum absolute atomic E-state index is 4.85. The Bertz CT molecular complexity index is 422. The first kappa shape index (κ1) is 12.9. The fraction of sp³-hybridized carbons (Fsp3) is 0.688. The molecule has 3 nitrogen and oxygen atoms in total. The molecule has 0 radical (unpaired) electrons. The minimum Gasteiger partial charge on any atom is -0.353 e. The van der Waals surface area contributed by atoms with Gasteiger partial charge in [-0.1, -0.05) is 19.9 Å². The van der Waals surface area contributed by atoms with E-state index in [2.05, 4.69) is 42.3 Å². The standard InChI is InChI=1S/C16H25N3/c1-12(2)11-19(15-8-9-15)16-5-3-4-14(18-16)10-17-13-6-7-13/h3-5,12-13,15,17H,6-11H2,1-2H3. The highest BCUT2D eigenvalue weighted by atomic mass is 15.2. The van der Waals surface area contributed by atoms with Crippen molar-refractivity contribution in [3.63, 3.8) is 0 Å². The van der Waals surface area contributed by atoms with E-state index in [1.807, 2.05) is 0 Å². The Morgan fingerprint density at radius 3 is 2.68 bits per heavy atom. The van der Waals surface area contributed by atoms with E-state index in [4.69, 9.17) is 4.98 Å². The van der Waals surface area contributed by atoms with Gasteiger partial charge in [-0.25, -0.2) is 4.98 Å². The molecule has 2 fully saturated rings. The monoisotopic (exact) mass is 259 g/mol. The molecule has 0 spiro atoms. The summed E-state index contributed by atoms with van der Waals surface area (Å²) in [5.74, 6) is 1.86. The lowest BCUT2D eigenvalue weighted by atomic mass is 10.2. The first-order chi connectivity index (χ1) is 9.22. The summed E-state index contributed by atoms with van der Waals surface area (Å²) in [5.41, 5.74) is 1.18. The molecular weight excluding hydrogens is 234 g/mol. The summed E-state index contributed by atoms with van der Waals surface area (Å²) in [7, 11) is 0. The highest BCUT2D eigenvalue weighted by Gasteiger charge is 2.30. The van der Waals surface area contributed by atoms with E-state index in [1.165, 1.54) is 37.2 Å². The predicted molar refractivity (Wildman–Crippen MR) is 79.3 cm³/mol. The van der Waals surface area contributed by atoms with E-state index in [1.54, 1.807) is 0 Å². The average Bonchev–Trinajstić information content (AvgIpc) is 3.27. The molecular formula is C16H25N3. The van der Waals surface area contributed by atoms with E-state index in [9.17, 15) is 0 Å². The summed E-state index contributed by atoms with van der Waals surface area (Å²) in [5, 5.41) is 3.54. The molecule has 3 rings (SSSR count). The summed E-state index contributed by atoms with van der Waals surface area (Å²) < 4.78 is 0. The van der Waals surface area contributed by atoms with Gasteiger partial charge in [-0.3, -0.25) is 0 Å². The quantitative estimate of drug-likeness (QED) is 0.816. The molecule has 2 saturated carbocycles. The number of aromatic nitrogens is 1. The minimum atomic E-state index is 0.690. The summed E-state index contributed by atoms with van der Waals surface area (Å²) in [6.45, 7) is 6.61. The van der Waals surface area contributed by atoms with Crippen LogP contribution in [-0.4, -0.2) is 23.6 Å². The van der Waals surface area contributed by atoms with Crippen molar-refractivity contribution in [3.05, 3.63) is 23.9 Å². The lowest BCUT2D eigenvalue weighted by Gasteiger charge is -2.26. The van der Waals surface area contributed by atoms with Gasteiger partial charge in [0.1, 0.15) is 5.82 Å². The zero-order valence-electron chi connectivity index (χ0n) is 12.1. The Morgan fingerprint density at radius 2 is 2.05 bits per heavy atom. The van der Waals surface area contributed by atoms with Gasteiger partial charge in [0.2, 0.25) is 0 Å². The van der Waals surface area contributed by atoms with Crippen LogP contribution in [0.4, 0.5) is 5.82 Å². The number of hydrogen-bond donors (Lipinski definition) is 1. The van der Waals surface area contributed by atoms with Gasteiger partial charge < -0.3 is 10.2 Å². The molecule has 19 heavy (non-hydrogen) atoms. The van der Waals surface area contributed by atoms with Crippen LogP contribution in [0.5, 0.6) is 0 Å². The molecule has 0 aliphatic heterocycles. The molecule has 2 aliphatic carbocycles. The molecule has 0 bridgehead atoms. The normalized spacial score (nSPS) is 18.9. The number of nitrogens with zero attached hydrogens (tertiary/aromatic N) is 2. The fourth-order valence-corrected chi connectivity index (χ4v) is 2.47. The van der Waals surface area contributed by atoms with Gasteiger partial charge in [-0.05, 0) is 43.7 Å². The van der Waals surface area contributed by atoms with Gasteiger partial charge in [0, 0.05) is 25.2 Å². The van der Waals surface area contributed by atoms with E-state index in [-0.39, 0.29) is 0 Å². The Labute approximate surface area is 116 Å². The van der Waals surface area contributed by atoms with Crippen LogP contribution in [0.2, 0.25) is 0 Å². The summed E-state index contributed by atoms with van der Waals surface area (Å²) in [6, 6.07) is 7.95. The maximum Gasteiger partial charge on any atom is 0.129 e. The Balaban J connectivity index is 1.68. The van der Waals surface area contributed by atoms with Crippen molar-refractivity contribution in [3.8, 4) is 0 Å². The van der Waals surface area contributed by atoms with E-state index >= 15 is 0 Å². The topological polar surface area (TPSA) is 28.2 Å². The molecule has 3 heteroatoms. The van der Waals surface area contributed by atoms with Crippen molar-refractivity contribution in [2.24, 2.45) is 5.92 Å². The molecule has 0 saturated heterocycles. The molecule has 0 atom stereocenters. The summed E-state index contributed by atoms with van der Waals surface area (Å²) >= 11 is 0. The molecule has 0 unspecified atom stereocenters. The number of pyridine rings is 1. The minimum absolute atomic E-state index is 0.690. The van der Waals surface area contributed by atoms with Crippen molar-refractivity contribution in [2.75, 3.05) is 11.4 Å². The van der Waals surface area contributed by atoms with E-state index in [0.717, 1.165) is 25.2 Å². The largest absolute Gasteiger partial charge is 0.353 e. The zero-order chi connectivity index (χ0) is 13.2. The van der Waals surface area contributed by atoms with Crippen molar-refractivity contribution < 1.29 is 0 Å². The van der Waals surface area contributed by atoms with Crippen LogP contribution >= 0.6 is 0 Å². The van der Waals surface area contributed by atoms with Crippen LogP contribution in [-0.2, 0) is 6.54 Å². The van der Waals surface area contributed by atoms with Crippen molar-refractivity contribution in [2.45, 2.75) is 58.2 Å². The van der Waals surface area contributed by atoms with Crippen molar-refractivity contribution in [1.82, 2.24) is 10.3 Å². The lowest BCUT2D eigenvalue weighted by molar-refractivity contribution is 0.600. The highest BCUT2D eigenvalue weighted by Crippen LogP contribution is 2.31. The zero-order valence-corrected chi connectivity index (χ0v) is 12.1. The first-order valence-electron chi connectivity index (χ1n) is 7.68. The third-order valence-corrected chi connectivity index (χ3v) is 3.79. The summed E-state index contributed by atoms with van der Waals surface area (Å²) in [4.78, 5) is 7.36. The second-order valence-electron chi connectivity index (χ2n) is 6.42. The van der Waals surface area contributed by atoms with Crippen LogP contribution < -0.4 is 10.2 Å². The van der Waals surface area contributed by atoms with Gasteiger partial charge in [0.25, 0.3) is 0 Å². The SMILES string of the molecule is CC(C)CN(c1cccc(CNC2CC2)n1)C1CC1. The smallest absolute Gasteiger partial charge is 0.129 e. The van der Waals surface area contributed by atoms with Gasteiger partial charge in [-0.2, -0.15) is 0 Å². The van der Waals surface area contributed by atoms with E-state index < -0.39 is 0 Å². The van der Waals surface area contributed by atoms with Gasteiger partial charge in [-0.15, -0.1) is 0 Å². The van der Waals surface area contributed by atoms with Crippen LogP contribution in [0.25, 0.3) is 0 Å². The number of rotatable bonds is 7. The molecule has 0 aromatic carbocycles. The second-order valence-corrected chi connectivity index (χ2v) is 6.42. The predicted octanol–water partition coefficient (Wildman–Crippen LogP) is 2.96. The number of hydrogen-bond acceptors (Lipinski definition) is 3. The van der Waals surface area contributed by atoms with Crippen LogP contribution in [0, 0.1) is 5.92 Å². The van der Waals surface area contributed by atoms with Gasteiger partial charge in [0.15, 0.2) is 0 Å². The molecule has 1 aromatic heterocycles. The number of anilines is 1. The highest BCUT2D eigenvalue weighted by molar-refractivity contribution is 5.42. The second kappa shape index (κ2) is 5.49. The van der Waals surface area contributed by atoms with Crippen LogP contribution in [0.1, 0.15) is 45.2 Å². The molecule has 104 valence electrons. The van der Waals surface area contributed by atoms with Crippen molar-refractivity contribution in [1.29, 1.82) is 0 Å². The molecule has 1 aromatic rings. The van der Waals surface area contributed by atoms with E-state index in [0.29, 0.717) is 5.92 Å². The molecule has 1 N–H and O–H groups in total. The third kappa shape index (κ3) is 3.69. The maximum atomic E-state index is 4.85.